The van der Waals surface area contributed by atoms with Crippen LogP contribution in [0, 0.1) is 0 Å². The summed E-state index contributed by atoms with van der Waals surface area (Å²) in [4.78, 5) is 31.2. The maximum Gasteiger partial charge on any atom is 0.254 e. The van der Waals surface area contributed by atoms with Gasteiger partial charge in [-0.05, 0) is 18.6 Å². The SMILES string of the molecule is Cl.O=C(CCl)N1CCCN(C(=O)c2ccncc2)CC1. The normalized spacial score (nSPS) is 15.2. The molecule has 0 unspecified atom stereocenters. The molecular formula is C13H17Cl2N3O2. The average Bonchev–Trinajstić information content (AvgIpc) is 2.72. The summed E-state index contributed by atoms with van der Waals surface area (Å²) in [7, 11) is 0. The number of carbonyl (C=O) groups is 2. The third-order valence-corrected chi connectivity index (χ3v) is 3.41. The van der Waals surface area contributed by atoms with Crippen molar-refractivity contribution in [1.82, 2.24) is 14.8 Å². The lowest BCUT2D eigenvalue weighted by Crippen LogP contribution is -2.37. The topological polar surface area (TPSA) is 53.5 Å². The van der Waals surface area contributed by atoms with E-state index in [1.807, 2.05) is 0 Å². The highest BCUT2D eigenvalue weighted by Gasteiger charge is 2.22. The Balaban J connectivity index is 0.00000200. The fourth-order valence-electron chi connectivity index (χ4n) is 2.13. The third kappa shape index (κ3) is 4.08. The molecule has 0 bridgehead atoms. The fraction of sp³-hybridized carbons (Fsp3) is 0.462. The minimum Gasteiger partial charge on any atom is -0.340 e. The van der Waals surface area contributed by atoms with Gasteiger partial charge in [0.2, 0.25) is 5.91 Å². The lowest BCUT2D eigenvalue weighted by atomic mass is 10.2. The molecule has 0 N–H and O–H groups in total. The third-order valence-electron chi connectivity index (χ3n) is 3.18. The quantitative estimate of drug-likeness (QED) is 0.775. The summed E-state index contributed by atoms with van der Waals surface area (Å²) in [5.41, 5.74) is 0.632. The van der Waals surface area contributed by atoms with E-state index < -0.39 is 0 Å². The summed E-state index contributed by atoms with van der Waals surface area (Å²) in [6.07, 6.45) is 3.99. The Hall–Kier alpha value is -1.33. The predicted octanol–water partition coefficient (Wildman–Crippen LogP) is 1.42. The van der Waals surface area contributed by atoms with Crippen LogP contribution in [-0.4, -0.2) is 58.7 Å². The first-order valence-corrected chi connectivity index (χ1v) is 6.79. The van der Waals surface area contributed by atoms with Gasteiger partial charge in [0.05, 0.1) is 0 Å². The van der Waals surface area contributed by atoms with Crippen molar-refractivity contribution in [3.8, 4) is 0 Å². The van der Waals surface area contributed by atoms with E-state index >= 15 is 0 Å². The molecule has 0 aromatic carbocycles. The van der Waals surface area contributed by atoms with Gasteiger partial charge in [-0.3, -0.25) is 14.6 Å². The standard InChI is InChI=1S/C13H16ClN3O2.ClH/c14-10-12(18)16-6-1-7-17(9-8-16)13(19)11-2-4-15-5-3-11;/h2-5H,1,6-10H2;1H. The molecular weight excluding hydrogens is 301 g/mol. The number of amides is 2. The molecule has 110 valence electrons. The van der Waals surface area contributed by atoms with Gasteiger partial charge in [0.25, 0.3) is 5.91 Å². The summed E-state index contributed by atoms with van der Waals surface area (Å²) >= 11 is 5.55. The lowest BCUT2D eigenvalue weighted by molar-refractivity contribution is -0.128. The fourth-order valence-corrected chi connectivity index (χ4v) is 2.30. The van der Waals surface area contributed by atoms with Gasteiger partial charge < -0.3 is 9.80 Å². The maximum absolute atomic E-state index is 12.3. The first kappa shape index (κ1) is 16.7. The second kappa shape index (κ2) is 8.07. The Morgan fingerprint density at radius 3 is 2.35 bits per heavy atom. The van der Waals surface area contributed by atoms with Crippen LogP contribution < -0.4 is 0 Å². The van der Waals surface area contributed by atoms with Crippen molar-refractivity contribution in [2.24, 2.45) is 0 Å². The summed E-state index contributed by atoms with van der Waals surface area (Å²) in [6.45, 7) is 2.41. The second-order valence-corrected chi connectivity index (χ2v) is 4.66. The maximum atomic E-state index is 12.3. The number of hydrogen-bond donors (Lipinski definition) is 0. The monoisotopic (exact) mass is 317 g/mol. The Kier molecular flexibility index (Phi) is 6.75. The van der Waals surface area contributed by atoms with Crippen LogP contribution in [-0.2, 0) is 4.79 Å². The smallest absolute Gasteiger partial charge is 0.254 e. The van der Waals surface area contributed by atoms with Crippen molar-refractivity contribution in [1.29, 1.82) is 0 Å². The highest BCUT2D eigenvalue weighted by Crippen LogP contribution is 2.09. The van der Waals surface area contributed by atoms with Crippen molar-refractivity contribution in [2.45, 2.75) is 6.42 Å². The summed E-state index contributed by atoms with van der Waals surface area (Å²) in [6, 6.07) is 3.41. The molecule has 1 aromatic heterocycles. The highest BCUT2D eigenvalue weighted by atomic mass is 35.5. The Morgan fingerprint density at radius 1 is 1.10 bits per heavy atom. The molecule has 20 heavy (non-hydrogen) atoms. The number of rotatable bonds is 2. The number of pyridine rings is 1. The van der Waals surface area contributed by atoms with Crippen molar-refractivity contribution in [2.75, 3.05) is 32.1 Å². The highest BCUT2D eigenvalue weighted by molar-refractivity contribution is 6.27. The van der Waals surface area contributed by atoms with Gasteiger partial charge in [0.1, 0.15) is 5.88 Å². The van der Waals surface area contributed by atoms with Gasteiger partial charge in [-0.15, -0.1) is 24.0 Å². The van der Waals surface area contributed by atoms with Crippen LogP contribution in [0.25, 0.3) is 0 Å². The molecule has 1 aliphatic heterocycles. The molecule has 7 heteroatoms. The first-order chi connectivity index (χ1) is 9.22. The largest absolute Gasteiger partial charge is 0.340 e. The van der Waals surface area contributed by atoms with E-state index in [2.05, 4.69) is 4.98 Å². The van der Waals surface area contributed by atoms with Gasteiger partial charge in [-0.25, -0.2) is 0 Å². The van der Waals surface area contributed by atoms with Gasteiger partial charge in [0, 0.05) is 44.1 Å². The number of carbonyl (C=O) groups excluding carboxylic acids is 2. The minimum atomic E-state index is -0.0696. The molecule has 1 aliphatic rings. The van der Waals surface area contributed by atoms with Crippen molar-refractivity contribution >= 4 is 35.8 Å². The number of alkyl halides is 1. The molecule has 0 spiro atoms. The summed E-state index contributed by atoms with van der Waals surface area (Å²) in [5, 5.41) is 0. The van der Waals surface area contributed by atoms with E-state index in [4.69, 9.17) is 11.6 Å². The zero-order valence-corrected chi connectivity index (χ0v) is 12.6. The van der Waals surface area contributed by atoms with E-state index in [1.165, 1.54) is 0 Å². The van der Waals surface area contributed by atoms with E-state index in [0.29, 0.717) is 31.7 Å². The van der Waals surface area contributed by atoms with Crippen LogP contribution in [0.15, 0.2) is 24.5 Å². The van der Waals surface area contributed by atoms with Gasteiger partial charge in [-0.1, -0.05) is 0 Å². The van der Waals surface area contributed by atoms with E-state index in [-0.39, 0.29) is 30.1 Å². The molecule has 0 aliphatic carbocycles. The molecule has 1 aromatic rings. The minimum absolute atomic E-state index is 0. The van der Waals surface area contributed by atoms with Crippen LogP contribution in [0.5, 0.6) is 0 Å². The van der Waals surface area contributed by atoms with Crippen molar-refractivity contribution < 1.29 is 9.59 Å². The first-order valence-electron chi connectivity index (χ1n) is 6.25. The van der Waals surface area contributed by atoms with Gasteiger partial charge in [-0.2, -0.15) is 0 Å². The predicted molar refractivity (Wildman–Crippen MR) is 79.3 cm³/mol. The molecule has 2 rings (SSSR count). The van der Waals surface area contributed by atoms with Crippen LogP contribution in [0.1, 0.15) is 16.8 Å². The van der Waals surface area contributed by atoms with Crippen LogP contribution in [0.4, 0.5) is 0 Å². The summed E-state index contributed by atoms with van der Waals surface area (Å²) < 4.78 is 0. The average molecular weight is 318 g/mol. The Labute approximate surface area is 129 Å². The van der Waals surface area contributed by atoms with E-state index in [0.717, 1.165) is 6.42 Å². The zero-order valence-electron chi connectivity index (χ0n) is 11.0. The second-order valence-electron chi connectivity index (χ2n) is 4.40. The molecule has 5 nitrogen and oxygen atoms in total. The summed E-state index contributed by atoms with van der Waals surface area (Å²) in [5.74, 6) is -0.0828. The van der Waals surface area contributed by atoms with E-state index in [1.54, 1.807) is 34.3 Å². The van der Waals surface area contributed by atoms with Crippen molar-refractivity contribution in [3.63, 3.8) is 0 Å². The Bertz CT molecular complexity index is 456. The number of aromatic nitrogens is 1. The van der Waals surface area contributed by atoms with E-state index in [9.17, 15) is 9.59 Å². The van der Waals surface area contributed by atoms with Crippen LogP contribution in [0.3, 0.4) is 0 Å². The molecule has 0 saturated carbocycles. The molecule has 2 heterocycles. The molecule has 1 fully saturated rings. The molecule has 0 radical (unpaired) electrons. The number of nitrogens with zero attached hydrogens (tertiary/aromatic N) is 3. The van der Waals surface area contributed by atoms with Crippen molar-refractivity contribution in [3.05, 3.63) is 30.1 Å². The molecule has 0 atom stereocenters. The van der Waals surface area contributed by atoms with Gasteiger partial charge >= 0.3 is 0 Å². The lowest BCUT2D eigenvalue weighted by Gasteiger charge is -2.21. The Morgan fingerprint density at radius 2 is 1.70 bits per heavy atom. The number of hydrogen-bond acceptors (Lipinski definition) is 3. The molecule has 1 saturated heterocycles. The molecule has 2 amide bonds. The zero-order chi connectivity index (χ0) is 13.7. The number of halogens is 2. The van der Waals surface area contributed by atoms with Crippen LogP contribution in [0.2, 0.25) is 0 Å². The van der Waals surface area contributed by atoms with Gasteiger partial charge in [0.15, 0.2) is 0 Å². The van der Waals surface area contributed by atoms with Crippen LogP contribution >= 0.6 is 24.0 Å².